The molecule has 1 aromatic rings. The maximum atomic E-state index is 11.5. The molecule has 144 valence electrons. The van der Waals surface area contributed by atoms with Gasteiger partial charge in [-0.2, -0.15) is 0 Å². The summed E-state index contributed by atoms with van der Waals surface area (Å²) in [6.07, 6.45) is 3.44. The van der Waals surface area contributed by atoms with Crippen molar-refractivity contribution in [1.29, 1.82) is 0 Å². The molecule has 7 heteroatoms. The molecule has 5 nitrogen and oxygen atoms in total. The van der Waals surface area contributed by atoms with Gasteiger partial charge in [0.1, 0.15) is 0 Å². The second-order valence-corrected chi connectivity index (χ2v) is 7.44. The average Bonchev–Trinajstić information content (AvgIpc) is 2.61. The van der Waals surface area contributed by atoms with Crippen LogP contribution >= 0.6 is 23.2 Å². The predicted molar refractivity (Wildman–Crippen MR) is 109 cm³/mol. The van der Waals surface area contributed by atoms with Crippen LogP contribution in [-0.2, 0) is 11.2 Å². The molecule has 2 rings (SSSR count). The first-order chi connectivity index (χ1) is 12.5. The monoisotopic (exact) mass is 398 g/mol. The lowest BCUT2D eigenvalue weighted by Gasteiger charge is -2.34. The van der Waals surface area contributed by atoms with E-state index in [0.717, 1.165) is 50.4 Å². The SMILES string of the molecule is CCNC(=NCCc1cc(Cl)cc(Cl)c1)N1CCC(CC(=O)NC)CC1. The van der Waals surface area contributed by atoms with Gasteiger partial charge in [0, 0.05) is 49.7 Å². The van der Waals surface area contributed by atoms with Crippen molar-refractivity contribution in [1.82, 2.24) is 15.5 Å². The summed E-state index contributed by atoms with van der Waals surface area (Å²) in [5, 5.41) is 7.39. The van der Waals surface area contributed by atoms with Gasteiger partial charge in [0.25, 0.3) is 0 Å². The number of amides is 1. The maximum Gasteiger partial charge on any atom is 0.220 e. The fourth-order valence-electron chi connectivity index (χ4n) is 3.19. The maximum absolute atomic E-state index is 11.5. The summed E-state index contributed by atoms with van der Waals surface area (Å²) in [4.78, 5) is 18.6. The lowest BCUT2D eigenvalue weighted by atomic mass is 9.93. The third-order valence-electron chi connectivity index (χ3n) is 4.59. The highest BCUT2D eigenvalue weighted by atomic mass is 35.5. The normalized spacial score (nSPS) is 15.8. The number of aliphatic imine (C=N–C) groups is 1. The Bertz CT molecular complexity index is 608. The number of guanidine groups is 1. The van der Waals surface area contributed by atoms with E-state index in [2.05, 4.69) is 22.5 Å². The van der Waals surface area contributed by atoms with Gasteiger partial charge >= 0.3 is 0 Å². The van der Waals surface area contributed by atoms with Crippen molar-refractivity contribution in [2.24, 2.45) is 10.9 Å². The number of benzene rings is 1. The number of piperidine rings is 1. The predicted octanol–water partition coefficient (Wildman–Crippen LogP) is 3.35. The summed E-state index contributed by atoms with van der Waals surface area (Å²) < 4.78 is 0. The lowest BCUT2D eigenvalue weighted by molar-refractivity contribution is -0.121. The molecule has 2 N–H and O–H groups in total. The molecule has 1 aliphatic rings. The van der Waals surface area contributed by atoms with E-state index in [-0.39, 0.29) is 5.91 Å². The fraction of sp³-hybridized carbons (Fsp3) is 0.579. The minimum Gasteiger partial charge on any atom is -0.359 e. The molecule has 0 aliphatic carbocycles. The van der Waals surface area contributed by atoms with Crippen molar-refractivity contribution in [3.63, 3.8) is 0 Å². The summed E-state index contributed by atoms with van der Waals surface area (Å²) in [5.41, 5.74) is 1.09. The summed E-state index contributed by atoms with van der Waals surface area (Å²) in [6, 6.07) is 5.60. The van der Waals surface area contributed by atoms with E-state index in [1.54, 1.807) is 13.1 Å². The van der Waals surface area contributed by atoms with Crippen molar-refractivity contribution >= 4 is 35.1 Å². The van der Waals surface area contributed by atoms with Crippen molar-refractivity contribution < 1.29 is 4.79 Å². The van der Waals surface area contributed by atoms with Crippen molar-refractivity contribution in [2.75, 3.05) is 33.2 Å². The zero-order valence-corrected chi connectivity index (χ0v) is 17.0. The highest BCUT2D eigenvalue weighted by Gasteiger charge is 2.22. The van der Waals surface area contributed by atoms with Crippen LogP contribution in [0.3, 0.4) is 0 Å². The first-order valence-electron chi connectivity index (χ1n) is 9.20. The molecule has 1 saturated heterocycles. The van der Waals surface area contributed by atoms with E-state index in [4.69, 9.17) is 28.2 Å². The average molecular weight is 399 g/mol. The van der Waals surface area contributed by atoms with Crippen LogP contribution in [0.4, 0.5) is 0 Å². The number of halogens is 2. The molecule has 0 bridgehead atoms. The Morgan fingerprint density at radius 1 is 1.23 bits per heavy atom. The number of nitrogens with one attached hydrogen (secondary N) is 2. The molecule has 1 heterocycles. The highest BCUT2D eigenvalue weighted by molar-refractivity contribution is 6.34. The minimum absolute atomic E-state index is 0.129. The number of carbonyl (C=O) groups is 1. The Labute approximate surface area is 166 Å². The van der Waals surface area contributed by atoms with Crippen molar-refractivity contribution in [3.8, 4) is 0 Å². The van der Waals surface area contributed by atoms with Gasteiger partial charge in [-0.25, -0.2) is 0 Å². The topological polar surface area (TPSA) is 56.7 Å². The smallest absolute Gasteiger partial charge is 0.220 e. The van der Waals surface area contributed by atoms with Crippen LogP contribution in [0.2, 0.25) is 10.0 Å². The van der Waals surface area contributed by atoms with Gasteiger partial charge in [0.2, 0.25) is 5.91 Å². The second kappa shape index (κ2) is 10.6. The van der Waals surface area contributed by atoms with E-state index in [0.29, 0.717) is 28.9 Å². The molecular weight excluding hydrogens is 371 g/mol. The van der Waals surface area contributed by atoms with Gasteiger partial charge in [0.15, 0.2) is 5.96 Å². The molecule has 0 spiro atoms. The number of carbonyl (C=O) groups excluding carboxylic acids is 1. The van der Waals surface area contributed by atoms with E-state index >= 15 is 0 Å². The van der Waals surface area contributed by atoms with E-state index in [9.17, 15) is 4.79 Å². The molecule has 1 aromatic carbocycles. The molecule has 0 aromatic heterocycles. The number of hydrogen-bond acceptors (Lipinski definition) is 2. The minimum atomic E-state index is 0.129. The van der Waals surface area contributed by atoms with Crippen LogP contribution in [0.5, 0.6) is 0 Å². The van der Waals surface area contributed by atoms with Gasteiger partial charge in [0.05, 0.1) is 0 Å². The zero-order chi connectivity index (χ0) is 18.9. The number of nitrogens with zero attached hydrogens (tertiary/aromatic N) is 2. The molecule has 0 saturated carbocycles. The van der Waals surface area contributed by atoms with E-state index in [1.165, 1.54) is 0 Å². The first kappa shape index (κ1) is 20.8. The molecular formula is C19H28Cl2N4O. The second-order valence-electron chi connectivity index (χ2n) is 6.57. The summed E-state index contributed by atoms with van der Waals surface area (Å²) >= 11 is 12.1. The fourth-order valence-corrected chi connectivity index (χ4v) is 3.76. The van der Waals surface area contributed by atoms with Gasteiger partial charge < -0.3 is 15.5 Å². The summed E-state index contributed by atoms with van der Waals surface area (Å²) in [5.74, 6) is 1.53. The van der Waals surface area contributed by atoms with Gasteiger partial charge in [-0.05, 0) is 55.9 Å². The number of hydrogen-bond donors (Lipinski definition) is 2. The number of likely N-dealkylation sites (tertiary alicyclic amines) is 1. The lowest BCUT2D eigenvalue weighted by Crippen LogP contribution is -2.46. The highest BCUT2D eigenvalue weighted by Crippen LogP contribution is 2.21. The number of rotatable bonds is 6. The Morgan fingerprint density at radius 3 is 2.46 bits per heavy atom. The Balaban J connectivity index is 1.89. The Kier molecular flexibility index (Phi) is 8.52. The molecule has 1 aliphatic heterocycles. The van der Waals surface area contributed by atoms with E-state index < -0.39 is 0 Å². The Morgan fingerprint density at radius 2 is 1.88 bits per heavy atom. The molecule has 26 heavy (non-hydrogen) atoms. The standard InChI is InChI=1S/C19H28Cl2N4O/c1-3-23-19(24-7-4-15-10-16(20)13-17(21)11-15)25-8-5-14(6-9-25)12-18(26)22-2/h10-11,13-14H,3-9,12H2,1-2H3,(H,22,26)(H,23,24). The Hall–Kier alpha value is -1.46. The van der Waals surface area contributed by atoms with Crippen LogP contribution < -0.4 is 10.6 Å². The van der Waals surface area contributed by atoms with Gasteiger partial charge in [-0.3, -0.25) is 9.79 Å². The third-order valence-corrected chi connectivity index (χ3v) is 5.02. The molecule has 0 atom stereocenters. The first-order valence-corrected chi connectivity index (χ1v) is 9.96. The van der Waals surface area contributed by atoms with Gasteiger partial charge in [-0.1, -0.05) is 23.2 Å². The molecule has 0 radical (unpaired) electrons. The van der Waals surface area contributed by atoms with Crippen LogP contribution in [0.1, 0.15) is 31.7 Å². The summed E-state index contributed by atoms with van der Waals surface area (Å²) in [6.45, 7) is 5.44. The zero-order valence-electron chi connectivity index (χ0n) is 15.5. The summed E-state index contributed by atoms with van der Waals surface area (Å²) in [7, 11) is 1.69. The van der Waals surface area contributed by atoms with Crippen molar-refractivity contribution in [2.45, 2.75) is 32.6 Å². The van der Waals surface area contributed by atoms with Gasteiger partial charge in [-0.15, -0.1) is 0 Å². The molecule has 0 unspecified atom stereocenters. The molecule has 1 amide bonds. The molecule has 1 fully saturated rings. The largest absolute Gasteiger partial charge is 0.359 e. The van der Waals surface area contributed by atoms with Crippen LogP contribution in [0, 0.1) is 5.92 Å². The third kappa shape index (κ3) is 6.69. The van der Waals surface area contributed by atoms with Crippen molar-refractivity contribution in [3.05, 3.63) is 33.8 Å². The van der Waals surface area contributed by atoms with E-state index in [1.807, 2.05) is 12.1 Å². The quantitative estimate of drug-likeness (QED) is 0.570. The van der Waals surface area contributed by atoms with Crippen LogP contribution in [-0.4, -0.2) is 50.0 Å². The van der Waals surface area contributed by atoms with Crippen LogP contribution in [0.25, 0.3) is 0 Å². The van der Waals surface area contributed by atoms with Crippen LogP contribution in [0.15, 0.2) is 23.2 Å².